The summed E-state index contributed by atoms with van der Waals surface area (Å²) in [5.74, 6) is 0. The van der Waals surface area contributed by atoms with E-state index in [1.165, 1.54) is 5.56 Å². The molecule has 1 heterocycles. The predicted molar refractivity (Wildman–Crippen MR) is 67.5 cm³/mol. The summed E-state index contributed by atoms with van der Waals surface area (Å²) in [5, 5.41) is 0. The van der Waals surface area contributed by atoms with E-state index < -0.39 is 0 Å². The minimum Gasteiger partial charge on any atom is -0.375 e. The van der Waals surface area contributed by atoms with E-state index in [1.807, 2.05) is 6.07 Å². The minimum absolute atomic E-state index is 0.238. The molecule has 0 spiro atoms. The normalized spacial score (nSPS) is 21.0. The lowest BCUT2D eigenvalue weighted by molar-refractivity contribution is -0.0327. The molecule has 1 aromatic rings. The van der Waals surface area contributed by atoms with Crippen LogP contribution in [0.4, 0.5) is 0 Å². The zero-order valence-electron chi connectivity index (χ0n) is 10.0. The van der Waals surface area contributed by atoms with E-state index in [2.05, 4.69) is 34.0 Å². The second-order valence-corrected chi connectivity index (χ2v) is 4.38. The zero-order chi connectivity index (χ0) is 11.9. The van der Waals surface area contributed by atoms with E-state index in [4.69, 9.17) is 11.3 Å². The first kappa shape index (κ1) is 12.1. The van der Waals surface area contributed by atoms with Crippen molar-refractivity contribution in [2.75, 3.05) is 26.2 Å². The average Bonchev–Trinajstić information content (AvgIpc) is 2.38. The fraction of sp³-hybridized carbons (Fsp3) is 0.500. The highest BCUT2D eigenvalue weighted by Crippen LogP contribution is 2.12. The second-order valence-electron chi connectivity index (χ2n) is 4.38. The van der Waals surface area contributed by atoms with Crippen molar-refractivity contribution >= 4 is 0 Å². The first-order valence-corrected chi connectivity index (χ1v) is 6.09. The number of ether oxygens (including phenoxy) is 1. The van der Waals surface area contributed by atoms with Crippen molar-refractivity contribution in [1.82, 2.24) is 4.90 Å². The molecule has 1 aliphatic heterocycles. The fourth-order valence-electron chi connectivity index (χ4n) is 2.15. The predicted octanol–water partition coefficient (Wildman–Crippen LogP) is 2.20. The van der Waals surface area contributed by atoms with Gasteiger partial charge in [0.2, 0.25) is 6.54 Å². The molecule has 3 nitrogen and oxygen atoms in total. The molecule has 1 saturated heterocycles. The van der Waals surface area contributed by atoms with Crippen molar-refractivity contribution < 1.29 is 4.74 Å². The van der Waals surface area contributed by atoms with Crippen LogP contribution in [0.15, 0.2) is 30.3 Å². The number of morpholine rings is 1. The highest BCUT2D eigenvalue weighted by molar-refractivity contribution is 5.14. The molecule has 2 rings (SSSR count). The van der Waals surface area contributed by atoms with Gasteiger partial charge < -0.3 is 9.58 Å². The molecule has 17 heavy (non-hydrogen) atoms. The lowest BCUT2D eigenvalue weighted by Crippen LogP contribution is -2.42. The molecule has 1 aliphatic rings. The summed E-state index contributed by atoms with van der Waals surface area (Å²) in [6.45, 7) is 11.1. The summed E-state index contributed by atoms with van der Waals surface area (Å²) < 4.78 is 5.66. The number of rotatable bonds is 4. The van der Waals surface area contributed by atoms with Gasteiger partial charge in [0.25, 0.3) is 0 Å². The van der Waals surface area contributed by atoms with Crippen LogP contribution in [0.2, 0.25) is 0 Å². The van der Waals surface area contributed by atoms with E-state index in [0.29, 0.717) is 6.54 Å². The van der Waals surface area contributed by atoms with Gasteiger partial charge in [-0.3, -0.25) is 4.90 Å². The molecule has 0 bridgehead atoms. The Kier molecular flexibility index (Phi) is 4.54. The van der Waals surface area contributed by atoms with Gasteiger partial charge in [-0.2, -0.15) is 0 Å². The molecule has 0 amide bonds. The van der Waals surface area contributed by atoms with Gasteiger partial charge in [0.05, 0.1) is 12.7 Å². The van der Waals surface area contributed by atoms with Gasteiger partial charge in [0.1, 0.15) is 0 Å². The van der Waals surface area contributed by atoms with Crippen molar-refractivity contribution in [3.63, 3.8) is 0 Å². The summed E-state index contributed by atoms with van der Waals surface area (Å²) >= 11 is 0. The Balaban J connectivity index is 1.83. The third-order valence-corrected chi connectivity index (χ3v) is 3.03. The highest BCUT2D eigenvalue weighted by Gasteiger charge is 2.20. The summed E-state index contributed by atoms with van der Waals surface area (Å²) in [6.07, 6.45) is 1.09. The zero-order valence-corrected chi connectivity index (χ0v) is 10.0. The Morgan fingerprint density at radius 3 is 2.94 bits per heavy atom. The summed E-state index contributed by atoms with van der Waals surface area (Å²) in [4.78, 5) is 5.80. The van der Waals surface area contributed by atoms with Crippen LogP contribution in [0, 0.1) is 6.57 Å². The monoisotopic (exact) mass is 230 g/mol. The van der Waals surface area contributed by atoms with E-state index in [-0.39, 0.29) is 6.10 Å². The van der Waals surface area contributed by atoms with Crippen LogP contribution in [0.25, 0.3) is 4.85 Å². The van der Waals surface area contributed by atoms with E-state index in [1.54, 1.807) is 0 Å². The molecule has 0 radical (unpaired) electrons. The van der Waals surface area contributed by atoms with Crippen LogP contribution >= 0.6 is 0 Å². The van der Waals surface area contributed by atoms with Crippen LogP contribution in [-0.4, -0.2) is 37.2 Å². The molecule has 90 valence electrons. The molecule has 0 saturated carbocycles. The van der Waals surface area contributed by atoms with Crippen molar-refractivity contribution in [2.24, 2.45) is 0 Å². The number of hydrogen-bond acceptors (Lipinski definition) is 2. The lowest BCUT2D eigenvalue weighted by atomic mass is 10.1. The Morgan fingerprint density at radius 1 is 1.35 bits per heavy atom. The maximum Gasteiger partial charge on any atom is 0.217 e. The molecule has 0 aliphatic carbocycles. The Labute approximate surface area is 103 Å². The van der Waals surface area contributed by atoms with Gasteiger partial charge in [-0.25, -0.2) is 6.57 Å². The van der Waals surface area contributed by atoms with Gasteiger partial charge in [-0.1, -0.05) is 30.3 Å². The molecule has 3 heteroatoms. The molecule has 1 aromatic carbocycles. The maximum absolute atomic E-state index is 6.81. The first-order chi connectivity index (χ1) is 8.38. The molecule has 1 fully saturated rings. The van der Waals surface area contributed by atoms with Crippen LogP contribution in [0.1, 0.15) is 12.0 Å². The smallest absolute Gasteiger partial charge is 0.217 e. The Hall–Kier alpha value is -1.37. The molecule has 1 atom stereocenters. The van der Waals surface area contributed by atoms with Gasteiger partial charge in [-0.15, -0.1) is 0 Å². The van der Waals surface area contributed by atoms with Gasteiger partial charge in [0, 0.05) is 26.1 Å². The van der Waals surface area contributed by atoms with Crippen LogP contribution in [-0.2, 0) is 11.3 Å². The standard InChI is InChI=1S/C14H18N2O/c1-15-8-7-14-12-16(9-10-17-14)11-13-5-3-2-4-6-13/h2-6,14H,7-12H2. The van der Waals surface area contributed by atoms with Crippen molar-refractivity contribution in [3.8, 4) is 0 Å². The first-order valence-electron chi connectivity index (χ1n) is 6.09. The van der Waals surface area contributed by atoms with Crippen molar-refractivity contribution in [1.29, 1.82) is 0 Å². The van der Waals surface area contributed by atoms with Crippen LogP contribution in [0.3, 0.4) is 0 Å². The number of hydrogen-bond donors (Lipinski definition) is 0. The van der Waals surface area contributed by atoms with Crippen molar-refractivity contribution in [3.05, 3.63) is 47.3 Å². The molecule has 0 N–H and O–H groups in total. The van der Waals surface area contributed by atoms with Gasteiger partial charge >= 0.3 is 0 Å². The Bertz CT molecular complexity index is 372. The van der Waals surface area contributed by atoms with Gasteiger partial charge in [-0.05, 0) is 5.56 Å². The molecular weight excluding hydrogens is 212 g/mol. The lowest BCUT2D eigenvalue weighted by Gasteiger charge is -2.32. The highest BCUT2D eigenvalue weighted by atomic mass is 16.5. The fourth-order valence-corrected chi connectivity index (χ4v) is 2.15. The number of benzene rings is 1. The largest absolute Gasteiger partial charge is 0.375 e. The molecule has 1 unspecified atom stereocenters. The van der Waals surface area contributed by atoms with E-state index in [0.717, 1.165) is 32.7 Å². The molecule has 0 aromatic heterocycles. The second kappa shape index (κ2) is 6.39. The average molecular weight is 230 g/mol. The van der Waals surface area contributed by atoms with E-state index >= 15 is 0 Å². The topological polar surface area (TPSA) is 16.8 Å². The van der Waals surface area contributed by atoms with Crippen LogP contribution < -0.4 is 0 Å². The van der Waals surface area contributed by atoms with Gasteiger partial charge in [0.15, 0.2) is 0 Å². The SMILES string of the molecule is [C-]#[N+]CCC1CN(Cc2ccccc2)CCO1. The Morgan fingerprint density at radius 2 is 2.18 bits per heavy atom. The maximum atomic E-state index is 6.81. The quantitative estimate of drug-likeness (QED) is 0.737. The summed E-state index contributed by atoms with van der Waals surface area (Å²) in [5.41, 5.74) is 1.35. The van der Waals surface area contributed by atoms with E-state index in [9.17, 15) is 0 Å². The summed E-state index contributed by atoms with van der Waals surface area (Å²) in [7, 11) is 0. The van der Waals surface area contributed by atoms with Crippen molar-refractivity contribution in [2.45, 2.75) is 19.1 Å². The number of nitrogens with zero attached hydrogens (tertiary/aromatic N) is 2. The molecular formula is C14H18N2O. The van der Waals surface area contributed by atoms with Crippen LogP contribution in [0.5, 0.6) is 0 Å². The summed E-state index contributed by atoms with van der Waals surface area (Å²) in [6, 6.07) is 10.5. The third kappa shape index (κ3) is 3.85. The third-order valence-electron chi connectivity index (χ3n) is 3.03. The minimum atomic E-state index is 0.238.